The van der Waals surface area contributed by atoms with Crippen molar-refractivity contribution in [2.75, 3.05) is 52.2 Å². The van der Waals surface area contributed by atoms with Crippen molar-refractivity contribution < 1.29 is 19.3 Å². The van der Waals surface area contributed by atoms with Gasteiger partial charge >= 0.3 is 0 Å². The lowest BCUT2D eigenvalue weighted by molar-refractivity contribution is 0.0506. The van der Waals surface area contributed by atoms with E-state index in [0.29, 0.717) is 13.2 Å². The van der Waals surface area contributed by atoms with Crippen molar-refractivity contribution in [1.82, 2.24) is 4.98 Å². The predicted molar refractivity (Wildman–Crippen MR) is 131 cm³/mol. The maximum absolute atomic E-state index is 8.82. The lowest BCUT2D eigenvalue weighted by atomic mass is 10.1. The summed E-state index contributed by atoms with van der Waals surface area (Å²) in [6.45, 7) is 4.07. The third-order valence-electron chi connectivity index (χ3n) is 4.65. The van der Waals surface area contributed by atoms with Crippen LogP contribution in [0.4, 0.5) is 5.69 Å². The fraction of sp³-hybridized carbons (Fsp3) is 0.348. The number of anilines is 1. The van der Waals surface area contributed by atoms with Gasteiger partial charge in [0.05, 0.1) is 34.5 Å². The molecular weight excluding hydrogens is 480 g/mol. The van der Waals surface area contributed by atoms with E-state index in [1.807, 2.05) is 30.4 Å². The van der Waals surface area contributed by atoms with Gasteiger partial charge in [-0.2, -0.15) is 0 Å². The first-order valence-electron chi connectivity index (χ1n) is 9.92. The molecule has 0 saturated heterocycles. The molecule has 2 aromatic carbocycles. The number of methoxy groups -OCH3 is 1. The number of aryl methyl sites for hydroxylation is 1. The van der Waals surface area contributed by atoms with Crippen molar-refractivity contribution in [3.05, 3.63) is 50.9 Å². The Balaban J connectivity index is 1.73. The maximum Gasteiger partial charge on any atom is 0.188 e. The number of fused-ring (bicyclic) bond motifs is 1. The van der Waals surface area contributed by atoms with Crippen molar-refractivity contribution in [3.8, 4) is 5.75 Å². The number of rotatable bonds is 11. The lowest BCUT2D eigenvalue weighted by Gasteiger charge is -2.21. The van der Waals surface area contributed by atoms with Gasteiger partial charge in [-0.25, -0.2) is 4.98 Å². The highest BCUT2D eigenvalue weighted by Crippen LogP contribution is 2.31. The molecule has 0 unspecified atom stereocenters. The first kappa shape index (κ1) is 23.7. The van der Waals surface area contributed by atoms with Crippen molar-refractivity contribution in [3.63, 3.8) is 0 Å². The van der Waals surface area contributed by atoms with Gasteiger partial charge in [-0.3, -0.25) is 0 Å². The van der Waals surface area contributed by atoms with Gasteiger partial charge in [-0.1, -0.05) is 12.1 Å². The molecule has 3 aromatic rings. The van der Waals surface area contributed by atoms with Crippen LogP contribution in [0.5, 0.6) is 5.75 Å². The Labute approximate surface area is 195 Å². The van der Waals surface area contributed by atoms with Crippen LogP contribution in [0.3, 0.4) is 0 Å². The van der Waals surface area contributed by atoms with Crippen LogP contribution in [0.25, 0.3) is 22.4 Å². The molecule has 0 aliphatic rings. The molecule has 1 heterocycles. The number of benzene rings is 2. The van der Waals surface area contributed by atoms with Crippen LogP contribution in [0.2, 0.25) is 0 Å². The van der Waals surface area contributed by atoms with E-state index >= 15 is 0 Å². The number of hydrogen-bond donors (Lipinski definition) is 1. The number of halogens is 1. The van der Waals surface area contributed by atoms with E-state index in [4.69, 9.17) is 24.3 Å². The molecule has 0 fully saturated rings. The van der Waals surface area contributed by atoms with E-state index in [0.717, 1.165) is 43.2 Å². The third-order valence-corrected chi connectivity index (χ3v) is 6.25. The summed E-state index contributed by atoms with van der Waals surface area (Å²) in [5, 5.41) is 9.78. The minimum absolute atomic E-state index is 0.0502. The van der Waals surface area contributed by atoms with Crippen LogP contribution >= 0.6 is 27.3 Å². The van der Waals surface area contributed by atoms with Crippen molar-refractivity contribution >= 4 is 55.3 Å². The van der Waals surface area contributed by atoms with Gasteiger partial charge in [-0.05, 0) is 64.3 Å². The summed E-state index contributed by atoms with van der Waals surface area (Å²) in [5.41, 5.74) is 4.39. The smallest absolute Gasteiger partial charge is 0.188 e. The monoisotopic (exact) mass is 506 g/mol. The molecule has 31 heavy (non-hydrogen) atoms. The minimum Gasteiger partial charge on any atom is -0.466 e. The quantitative estimate of drug-likeness (QED) is 0.292. The highest BCUT2D eigenvalue weighted by atomic mass is 79.9. The molecule has 0 aliphatic carbocycles. The van der Waals surface area contributed by atoms with E-state index in [1.54, 1.807) is 18.4 Å². The van der Waals surface area contributed by atoms with E-state index in [2.05, 4.69) is 46.9 Å². The number of aliphatic hydroxyl groups is 1. The largest absolute Gasteiger partial charge is 0.466 e. The first-order valence-corrected chi connectivity index (χ1v) is 11.5. The van der Waals surface area contributed by atoms with E-state index in [9.17, 15) is 0 Å². The number of hydrogen-bond acceptors (Lipinski definition) is 7. The lowest BCUT2D eigenvalue weighted by Crippen LogP contribution is -2.23. The van der Waals surface area contributed by atoms with Crippen LogP contribution < -0.4 is 9.64 Å². The molecule has 8 heteroatoms. The molecule has 0 aliphatic heterocycles. The molecule has 0 radical (unpaired) electrons. The minimum atomic E-state index is 0.0502. The predicted octanol–water partition coefficient (Wildman–Crippen LogP) is 4.97. The molecule has 0 saturated carbocycles. The zero-order chi connectivity index (χ0) is 22.2. The summed E-state index contributed by atoms with van der Waals surface area (Å²) in [6, 6.07) is 10.2. The van der Waals surface area contributed by atoms with E-state index < -0.39 is 0 Å². The van der Waals surface area contributed by atoms with Gasteiger partial charge in [0.15, 0.2) is 6.79 Å². The number of thiazole rings is 1. The van der Waals surface area contributed by atoms with Crippen molar-refractivity contribution in [2.24, 2.45) is 0 Å². The topological polar surface area (TPSA) is 64.1 Å². The second-order valence-corrected chi connectivity index (χ2v) is 8.91. The average Bonchev–Trinajstić information content (AvgIpc) is 3.15. The summed E-state index contributed by atoms with van der Waals surface area (Å²) in [6.07, 6.45) is 4.07. The van der Waals surface area contributed by atoms with Gasteiger partial charge < -0.3 is 24.2 Å². The summed E-state index contributed by atoms with van der Waals surface area (Å²) in [5.74, 6) is 0.743. The molecule has 3 rings (SSSR count). The van der Waals surface area contributed by atoms with Gasteiger partial charge in [0.25, 0.3) is 0 Å². The van der Waals surface area contributed by atoms with Crippen LogP contribution in [0, 0.1) is 6.92 Å². The second-order valence-electron chi connectivity index (χ2n) is 6.99. The fourth-order valence-corrected chi connectivity index (χ4v) is 4.48. The Morgan fingerprint density at radius 2 is 2.03 bits per heavy atom. The second kappa shape index (κ2) is 11.6. The zero-order valence-corrected chi connectivity index (χ0v) is 20.3. The number of likely N-dealkylation sites (N-methyl/N-ethyl adjacent to an activating group) is 1. The Kier molecular flexibility index (Phi) is 8.86. The van der Waals surface area contributed by atoms with Crippen molar-refractivity contribution in [1.29, 1.82) is 0 Å². The average molecular weight is 507 g/mol. The number of aromatic nitrogens is 1. The zero-order valence-electron chi connectivity index (χ0n) is 17.9. The molecule has 6 nitrogen and oxygen atoms in total. The highest BCUT2D eigenvalue weighted by Gasteiger charge is 2.10. The molecule has 0 atom stereocenters. The normalized spacial score (nSPS) is 11.5. The van der Waals surface area contributed by atoms with E-state index in [-0.39, 0.29) is 13.4 Å². The molecule has 1 aromatic heterocycles. The fourth-order valence-electron chi connectivity index (χ4n) is 3.08. The summed E-state index contributed by atoms with van der Waals surface area (Å²) >= 11 is 5.20. The van der Waals surface area contributed by atoms with Gasteiger partial charge in [0, 0.05) is 26.4 Å². The summed E-state index contributed by atoms with van der Waals surface area (Å²) in [4.78, 5) is 6.94. The third kappa shape index (κ3) is 6.51. The summed E-state index contributed by atoms with van der Waals surface area (Å²) in [7, 11) is 3.65. The molecule has 0 spiro atoms. The molecule has 166 valence electrons. The first-order chi connectivity index (χ1) is 15.0. The Morgan fingerprint density at radius 3 is 2.77 bits per heavy atom. The molecule has 0 bridgehead atoms. The van der Waals surface area contributed by atoms with Gasteiger partial charge in [0.2, 0.25) is 0 Å². The highest BCUT2D eigenvalue weighted by molar-refractivity contribution is 9.10. The van der Waals surface area contributed by atoms with Gasteiger partial charge in [-0.15, -0.1) is 11.3 Å². The van der Waals surface area contributed by atoms with Gasteiger partial charge in [0.1, 0.15) is 10.8 Å². The van der Waals surface area contributed by atoms with Crippen molar-refractivity contribution in [2.45, 2.75) is 6.92 Å². The SMILES string of the molecule is COCOc1ccc(C=Cc2nc3cc(C)c(N(C)CCOCCO)cc3s2)cc1Br. The standard InChI is InChI=1S/C23H27BrN2O4S/c1-16-12-19-22(14-20(16)26(2)8-10-29-11-9-27)31-23(25-19)7-5-17-4-6-21(18(24)13-17)30-15-28-3/h4-7,12-14,27H,8-11,15H2,1-3H3. The Hall–Kier alpha value is -1.97. The molecule has 1 N–H and O–H groups in total. The number of aliphatic hydroxyl groups excluding tert-OH is 1. The summed E-state index contributed by atoms with van der Waals surface area (Å²) < 4.78 is 17.8. The van der Waals surface area contributed by atoms with Crippen LogP contribution in [0.15, 0.2) is 34.8 Å². The Morgan fingerprint density at radius 1 is 1.19 bits per heavy atom. The number of nitrogens with zero attached hydrogens (tertiary/aromatic N) is 2. The number of ether oxygens (including phenoxy) is 3. The van der Waals surface area contributed by atoms with E-state index in [1.165, 1.54) is 5.56 Å². The molecular formula is C23H27BrN2O4S. The van der Waals surface area contributed by atoms with Crippen LogP contribution in [0.1, 0.15) is 16.1 Å². The molecule has 0 amide bonds. The maximum atomic E-state index is 8.82. The Bertz CT molecular complexity index is 1040. The van der Waals surface area contributed by atoms with Crippen LogP contribution in [-0.4, -0.2) is 57.4 Å². The van der Waals surface area contributed by atoms with Crippen LogP contribution in [-0.2, 0) is 9.47 Å².